The van der Waals surface area contributed by atoms with Crippen molar-refractivity contribution in [3.8, 4) is 11.3 Å². The molecule has 0 spiro atoms. The van der Waals surface area contributed by atoms with Gasteiger partial charge in [0.1, 0.15) is 11.6 Å². The monoisotopic (exact) mass is 180 g/mol. The highest BCUT2D eigenvalue weighted by Gasteiger charge is 2.08. The van der Waals surface area contributed by atoms with Crippen molar-refractivity contribution < 1.29 is 13.2 Å². The Morgan fingerprint density at radius 1 is 1.31 bits per heavy atom. The normalized spacial score (nSPS) is 10.3. The Bertz CT molecular complexity index is 412. The third-order valence-electron chi connectivity index (χ3n) is 1.59. The lowest BCUT2D eigenvalue weighted by atomic mass is 10.2. The van der Waals surface area contributed by atoms with Gasteiger partial charge in [-0.3, -0.25) is 0 Å². The van der Waals surface area contributed by atoms with Gasteiger partial charge in [-0.1, -0.05) is 0 Å². The third kappa shape index (κ3) is 1.42. The van der Waals surface area contributed by atoms with Crippen LogP contribution in [0.3, 0.4) is 0 Å². The van der Waals surface area contributed by atoms with Crippen LogP contribution in [0.15, 0.2) is 28.8 Å². The van der Waals surface area contributed by atoms with E-state index in [9.17, 15) is 8.78 Å². The molecule has 0 unspecified atom stereocenters. The van der Waals surface area contributed by atoms with Gasteiger partial charge in [0, 0.05) is 6.07 Å². The van der Waals surface area contributed by atoms with Crippen molar-refractivity contribution >= 4 is 0 Å². The summed E-state index contributed by atoms with van der Waals surface area (Å²) in [5.41, 5.74) is 0.176. The Hall–Kier alpha value is -1.71. The molecule has 0 amide bonds. The van der Waals surface area contributed by atoms with E-state index in [0.717, 1.165) is 12.1 Å². The molecule has 2 nitrogen and oxygen atoms in total. The highest BCUT2D eigenvalue weighted by Crippen LogP contribution is 2.22. The van der Waals surface area contributed by atoms with Gasteiger partial charge in [0.25, 0.3) is 6.39 Å². The van der Waals surface area contributed by atoms with Gasteiger partial charge in [-0.25, -0.2) is 13.8 Å². The molecule has 1 aromatic carbocycles. The molecule has 0 aliphatic heterocycles. The molecule has 0 aliphatic carbocycles. The molecule has 13 heavy (non-hydrogen) atoms. The number of nitrogens with zero attached hydrogens (tertiary/aromatic N) is 1. The van der Waals surface area contributed by atoms with Crippen LogP contribution in [-0.2, 0) is 0 Å². The summed E-state index contributed by atoms with van der Waals surface area (Å²) in [4.78, 5) is 3.51. The van der Waals surface area contributed by atoms with Gasteiger partial charge < -0.3 is 4.42 Å². The zero-order valence-electron chi connectivity index (χ0n) is 6.42. The third-order valence-corrected chi connectivity index (χ3v) is 1.59. The lowest BCUT2D eigenvalue weighted by Crippen LogP contribution is -1.83. The molecule has 0 atom stereocenters. The molecule has 2 aromatic rings. The highest BCUT2D eigenvalue weighted by molar-refractivity contribution is 5.56. The predicted octanol–water partition coefficient (Wildman–Crippen LogP) is 2.42. The van der Waals surface area contributed by atoms with Crippen molar-refractivity contribution in [1.82, 2.24) is 4.98 Å². The first kappa shape index (κ1) is 7.91. The van der Waals surface area contributed by atoms with Crippen molar-refractivity contribution in [2.24, 2.45) is 0 Å². The van der Waals surface area contributed by atoms with Crippen LogP contribution in [-0.4, -0.2) is 4.98 Å². The SMILES string of the molecule is Fc1ccc(-c2cn[c]o2)c(F)c1. The molecule has 0 N–H and O–H groups in total. The van der Waals surface area contributed by atoms with E-state index in [1.54, 1.807) is 0 Å². The zero-order chi connectivity index (χ0) is 9.26. The minimum absolute atomic E-state index is 0.176. The molecule has 1 heterocycles. The van der Waals surface area contributed by atoms with Gasteiger partial charge in [0.15, 0.2) is 5.76 Å². The van der Waals surface area contributed by atoms with Crippen molar-refractivity contribution in [3.05, 3.63) is 42.4 Å². The molecule has 1 radical (unpaired) electrons. The van der Waals surface area contributed by atoms with Crippen LogP contribution >= 0.6 is 0 Å². The lowest BCUT2D eigenvalue weighted by Gasteiger charge is -1.97. The first-order chi connectivity index (χ1) is 6.27. The number of halogens is 2. The minimum Gasteiger partial charge on any atom is -0.432 e. The number of aromatic nitrogens is 1. The summed E-state index contributed by atoms with van der Waals surface area (Å²) in [5.74, 6) is -1.06. The second-order valence-corrected chi connectivity index (χ2v) is 2.44. The second kappa shape index (κ2) is 2.97. The van der Waals surface area contributed by atoms with Gasteiger partial charge in [-0.2, -0.15) is 0 Å². The van der Waals surface area contributed by atoms with E-state index >= 15 is 0 Å². The van der Waals surface area contributed by atoms with E-state index in [0.29, 0.717) is 0 Å². The molecule has 0 saturated heterocycles. The molecule has 0 fully saturated rings. The van der Waals surface area contributed by atoms with E-state index < -0.39 is 11.6 Å². The largest absolute Gasteiger partial charge is 0.432 e. The maximum Gasteiger partial charge on any atom is 0.284 e. The summed E-state index contributed by atoms with van der Waals surface area (Å²) in [6.07, 6.45) is 3.50. The number of benzene rings is 1. The topological polar surface area (TPSA) is 26.0 Å². The molecular weight excluding hydrogens is 176 g/mol. The summed E-state index contributed by atoms with van der Waals surface area (Å²) in [6, 6.07) is 3.23. The molecule has 0 bridgehead atoms. The highest BCUT2D eigenvalue weighted by atomic mass is 19.1. The Balaban J connectivity index is 2.53. The molecule has 4 heteroatoms. The molecule has 2 rings (SSSR count). The summed E-state index contributed by atoms with van der Waals surface area (Å²) in [6.45, 7) is 0. The van der Waals surface area contributed by atoms with Crippen LogP contribution in [0.25, 0.3) is 11.3 Å². The Morgan fingerprint density at radius 3 is 2.77 bits per heavy atom. The van der Waals surface area contributed by atoms with Crippen molar-refractivity contribution in [3.63, 3.8) is 0 Å². The maximum atomic E-state index is 13.1. The number of oxazole rings is 1. The van der Waals surface area contributed by atoms with E-state index in [-0.39, 0.29) is 11.3 Å². The van der Waals surface area contributed by atoms with Crippen molar-refractivity contribution in [1.29, 1.82) is 0 Å². The molecule has 65 valence electrons. The Kier molecular flexibility index (Phi) is 1.81. The van der Waals surface area contributed by atoms with E-state index in [2.05, 4.69) is 11.4 Å². The van der Waals surface area contributed by atoms with Crippen molar-refractivity contribution in [2.75, 3.05) is 0 Å². The van der Waals surface area contributed by atoms with Crippen LogP contribution < -0.4 is 0 Å². The van der Waals surface area contributed by atoms with Gasteiger partial charge in [-0.15, -0.1) is 0 Å². The summed E-state index contributed by atoms with van der Waals surface area (Å²) in [7, 11) is 0. The quantitative estimate of drug-likeness (QED) is 0.673. The van der Waals surface area contributed by atoms with Gasteiger partial charge in [0.05, 0.1) is 11.8 Å². The fraction of sp³-hybridized carbons (Fsp3) is 0. The summed E-state index contributed by atoms with van der Waals surface area (Å²) < 4.78 is 30.3. The fourth-order valence-electron chi connectivity index (χ4n) is 1.00. The smallest absolute Gasteiger partial charge is 0.284 e. The second-order valence-electron chi connectivity index (χ2n) is 2.44. The van der Waals surface area contributed by atoms with E-state index in [1.807, 2.05) is 0 Å². The number of hydrogen-bond donors (Lipinski definition) is 0. The van der Waals surface area contributed by atoms with Crippen LogP contribution in [0.1, 0.15) is 0 Å². The molecule has 1 aromatic heterocycles. The molecular formula is C9H4F2NO. The first-order valence-electron chi connectivity index (χ1n) is 3.54. The van der Waals surface area contributed by atoms with Crippen molar-refractivity contribution in [2.45, 2.75) is 0 Å². The maximum absolute atomic E-state index is 13.1. The van der Waals surface area contributed by atoms with Crippen LogP contribution in [0.4, 0.5) is 8.78 Å². The fourth-order valence-corrected chi connectivity index (χ4v) is 1.00. The van der Waals surface area contributed by atoms with Crippen LogP contribution in [0.2, 0.25) is 0 Å². The average molecular weight is 180 g/mol. The van der Waals surface area contributed by atoms with Gasteiger partial charge in [-0.05, 0) is 12.1 Å². The Labute approximate surface area is 72.8 Å². The first-order valence-corrected chi connectivity index (χ1v) is 3.54. The molecule has 0 aliphatic rings. The predicted molar refractivity (Wildman–Crippen MR) is 40.7 cm³/mol. The Morgan fingerprint density at radius 2 is 2.15 bits per heavy atom. The number of rotatable bonds is 1. The van der Waals surface area contributed by atoms with E-state index in [4.69, 9.17) is 4.42 Å². The van der Waals surface area contributed by atoms with Gasteiger partial charge >= 0.3 is 0 Å². The van der Waals surface area contributed by atoms with E-state index in [1.165, 1.54) is 12.3 Å². The van der Waals surface area contributed by atoms with Crippen LogP contribution in [0, 0.1) is 18.0 Å². The van der Waals surface area contributed by atoms with Gasteiger partial charge in [0.2, 0.25) is 0 Å². The lowest BCUT2D eigenvalue weighted by molar-refractivity contribution is 0.547. The summed E-state index contributed by atoms with van der Waals surface area (Å²) in [5, 5.41) is 0. The standard InChI is InChI=1S/C9H4F2NO/c10-6-1-2-7(8(11)3-6)9-4-12-5-13-9/h1-4H. The van der Waals surface area contributed by atoms with Crippen LogP contribution in [0.5, 0.6) is 0 Å². The number of hydrogen-bond acceptors (Lipinski definition) is 2. The minimum atomic E-state index is -0.676. The zero-order valence-corrected chi connectivity index (χ0v) is 6.42. The molecule has 0 saturated carbocycles. The average Bonchev–Trinajstić information content (AvgIpc) is 2.56. The summed E-state index contributed by atoms with van der Waals surface area (Å²) >= 11 is 0.